The highest BCUT2D eigenvalue weighted by Gasteiger charge is 2.26. The molecule has 146 valence electrons. The van der Waals surface area contributed by atoms with Crippen LogP contribution in [0.15, 0.2) is 29.4 Å². The number of halogens is 1. The van der Waals surface area contributed by atoms with E-state index in [-0.39, 0.29) is 42.4 Å². The lowest BCUT2D eigenvalue weighted by atomic mass is 10.1. The predicted octanol–water partition coefficient (Wildman–Crippen LogP) is 2.72. The Labute approximate surface area is 165 Å². The van der Waals surface area contributed by atoms with Crippen molar-refractivity contribution in [3.8, 4) is 0 Å². The SMILES string of the molecule is Cc1sc(NC(=O)C2=NN(Cc3ccc(F)cc3)C(=O)CC2)c(C(N)=O)c1C. The molecule has 1 aliphatic heterocycles. The average molecular weight is 402 g/mol. The number of thiophene rings is 1. The van der Waals surface area contributed by atoms with Crippen molar-refractivity contribution in [3.63, 3.8) is 0 Å². The lowest BCUT2D eigenvalue weighted by molar-refractivity contribution is -0.132. The first-order valence-electron chi connectivity index (χ1n) is 8.59. The van der Waals surface area contributed by atoms with Gasteiger partial charge in [-0.15, -0.1) is 11.3 Å². The third-order valence-electron chi connectivity index (χ3n) is 4.47. The van der Waals surface area contributed by atoms with Gasteiger partial charge in [0.2, 0.25) is 5.91 Å². The molecule has 0 unspecified atom stereocenters. The molecule has 7 nitrogen and oxygen atoms in total. The fraction of sp³-hybridized carbons (Fsp3) is 0.263. The van der Waals surface area contributed by atoms with Crippen molar-refractivity contribution in [1.29, 1.82) is 0 Å². The molecule has 0 atom stereocenters. The van der Waals surface area contributed by atoms with Crippen LogP contribution in [0.2, 0.25) is 0 Å². The number of carbonyl (C=O) groups excluding carboxylic acids is 3. The minimum Gasteiger partial charge on any atom is -0.365 e. The van der Waals surface area contributed by atoms with Crippen LogP contribution in [0.5, 0.6) is 0 Å². The molecule has 3 rings (SSSR count). The second-order valence-corrected chi connectivity index (χ2v) is 7.66. The Morgan fingerprint density at radius 1 is 1.25 bits per heavy atom. The lowest BCUT2D eigenvalue weighted by Gasteiger charge is -2.23. The number of hydrogen-bond donors (Lipinski definition) is 2. The van der Waals surface area contributed by atoms with Crippen LogP contribution in [-0.4, -0.2) is 28.4 Å². The summed E-state index contributed by atoms with van der Waals surface area (Å²) in [5.74, 6) is -1.69. The molecule has 3 amide bonds. The minimum atomic E-state index is -0.615. The molecule has 2 aromatic rings. The van der Waals surface area contributed by atoms with Crippen LogP contribution < -0.4 is 11.1 Å². The molecule has 0 saturated carbocycles. The maximum atomic E-state index is 13.0. The molecule has 0 aliphatic carbocycles. The molecule has 0 spiro atoms. The minimum absolute atomic E-state index is 0.138. The van der Waals surface area contributed by atoms with Gasteiger partial charge in [-0.05, 0) is 37.1 Å². The van der Waals surface area contributed by atoms with E-state index in [2.05, 4.69) is 10.4 Å². The van der Waals surface area contributed by atoms with Crippen molar-refractivity contribution in [2.24, 2.45) is 10.8 Å². The summed E-state index contributed by atoms with van der Waals surface area (Å²) in [6.45, 7) is 3.74. The lowest BCUT2D eigenvalue weighted by Crippen LogP contribution is -2.36. The van der Waals surface area contributed by atoms with Gasteiger partial charge in [-0.25, -0.2) is 9.40 Å². The topological polar surface area (TPSA) is 105 Å². The molecule has 0 bridgehead atoms. The Hall–Kier alpha value is -3.07. The van der Waals surface area contributed by atoms with E-state index in [1.54, 1.807) is 19.1 Å². The largest absolute Gasteiger partial charge is 0.365 e. The van der Waals surface area contributed by atoms with Gasteiger partial charge in [-0.2, -0.15) is 5.10 Å². The standard InChI is InChI=1S/C19H19FN4O3S/c1-10-11(2)28-19(16(10)17(21)26)22-18(27)14-7-8-15(25)24(23-14)9-12-3-5-13(20)6-4-12/h3-6H,7-9H2,1-2H3,(H2,21,26)(H,22,27). The normalized spacial score (nSPS) is 14.0. The third-order valence-corrected chi connectivity index (χ3v) is 5.59. The van der Waals surface area contributed by atoms with E-state index in [1.807, 2.05) is 6.92 Å². The Bertz CT molecular complexity index is 982. The van der Waals surface area contributed by atoms with Gasteiger partial charge in [0.15, 0.2) is 0 Å². The van der Waals surface area contributed by atoms with Crippen molar-refractivity contribution >= 4 is 39.8 Å². The van der Waals surface area contributed by atoms with Gasteiger partial charge in [0.05, 0.1) is 12.1 Å². The van der Waals surface area contributed by atoms with Gasteiger partial charge in [0, 0.05) is 17.7 Å². The molecule has 0 saturated heterocycles. The first-order chi connectivity index (χ1) is 13.3. The highest BCUT2D eigenvalue weighted by molar-refractivity contribution is 7.17. The highest BCUT2D eigenvalue weighted by atomic mass is 32.1. The Balaban J connectivity index is 1.79. The Kier molecular flexibility index (Phi) is 5.55. The van der Waals surface area contributed by atoms with Gasteiger partial charge in [-0.1, -0.05) is 12.1 Å². The van der Waals surface area contributed by atoms with Gasteiger partial charge < -0.3 is 11.1 Å². The summed E-state index contributed by atoms with van der Waals surface area (Å²) < 4.78 is 13.0. The van der Waals surface area contributed by atoms with Crippen molar-refractivity contribution in [2.45, 2.75) is 33.2 Å². The monoisotopic (exact) mass is 402 g/mol. The van der Waals surface area contributed by atoms with E-state index in [9.17, 15) is 18.8 Å². The number of nitrogens with zero attached hydrogens (tertiary/aromatic N) is 2. The number of nitrogens with two attached hydrogens (primary N) is 1. The van der Waals surface area contributed by atoms with E-state index in [0.717, 1.165) is 10.4 Å². The van der Waals surface area contributed by atoms with Crippen LogP contribution in [0.3, 0.4) is 0 Å². The zero-order chi connectivity index (χ0) is 20.4. The van der Waals surface area contributed by atoms with Crippen LogP contribution in [-0.2, 0) is 16.1 Å². The highest BCUT2D eigenvalue weighted by Crippen LogP contribution is 2.32. The fourth-order valence-corrected chi connectivity index (χ4v) is 3.90. The molecule has 9 heteroatoms. The summed E-state index contributed by atoms with van der Waals surface area (Å²) in [7, 11) is 0. The molecule has 1 aromatic heterocycles. The molecular formula is C19H19FN4O3S. The summed E-state index contributed by atoms with van der Waals surface area (Å²) in [5.41, 5.74) is 7.31. The summed E-state index contributed by atoms with van der Waals surface area (Å²) in [6.07, 6.45) is 0.332. The number of nitrogens with one attached hydrogen (secondary N) is 1. The molecule has 0 fully saturated rings. The van der Waals surface area contributed by atoms with Crippen LogP contribution >= 0.6 is 11.3 Å². The number of carbonyl (C=O) groups is 3. The summed E-state index contributed by atoms with van der Waals surface area (Å²) in [4.78, 5) is 37.4. The second kappa shape index (κ2) is 7.89. The Morgan fingerprint density at radius 2 is 1.93 bits per heavy atom. The Morgan fingerprint density at radius 3 is 2.57 bits per heavy atom. The summed E-state index contributed by atoms with van der Waals surface area (Å²) in [6, 6.07) is 5.72. The summed E-state index contributed by atoms with van der Waals surface area (Å²) in [5, 5.41) is 8.43. The van der Waals surface area contributed by atoms with Crippen LogP contribution in [0.1, 0.15) is 39.2 Å². The van der Waals surface area contributed by atoms with E-state index in [0.29, 0.717) is 10.6 Å². The predicted molar refractivity (Wildman–Crippen MR) is 105 cm³/mol. The molecule has 1 aliphatic rings. The van der Waals surface area contributed by atoms with Gasteiger partial charge in [-0.3, -0.25) is 14.4 Å². The number of amides is 3. The number of anilines is 1. The fourth-order valence-electron chi connectivity index (χ4n) is 2.84. The van der Waals surface area contributed by atoms with Crippen molar-refractivity contribution in [1.82, 2.24) is 5.01 Å². The first kappa shape index (κ1) is 19.7. The number of aryl methyl sites for hydroxylation is 1. The second-order valence-electron chi connectivity index (χ2n) is 6.43. The number of benzene rings is 1. The maximum absolute atomic E-state index is 13.0. The van der Waals surface area contributed by atoms with Crippen LogP contribution in [0, 0.1) is 19.7 Å². The number of hydrazone groups is 1. The number of hydrogen-bond acceptors (Lipinski definition) is 5. The molecule has 28 heavy (non-hydrogen) atoms. The third kappa shape index (κ3) is 4.09. The zero-order valence-corrected chi connectivity index (χ0v) is 16.2. The van der Waals surface area contributed by atoms with E-state index in [4.69, 9.17) is 5.73 Å². The maximum Gasteiger partial charge on any atom is 0.272 e. The smallest absolute Gasteiger partial charge is 0.272 e. The average Bonchev–Trinajstić information content (AvgIpc) is 2.92. The van der Waals surface area contributed by atoms with Crippen LogP contribution in [0.25, 0.3) is 0 Å². The van der Waals surface area contributed by atoms with Crippen LogP contribution in [0.4, 0.5) is 9.39 Å². The molecule has 3 N–H and O–H groups in total. The number of primary amides is 1. The number of rotatable bonds is 5. The molecule has 2 heterocycles. The van der Waals surface area contributed by atoms with Gasteiger partial charge in [0.25, 0.3) is 11.8 Å². The summed E-state index contributed by atoms with van der Waals surface area (Å²) >= 11 is 1.26. The van der Waals surface area contributed by atoms with Crippen molar-refractivity contribution in [3.05, 3.63) is 51.7 Å². The zero-order valence-electron chi connectivity index (χ0n) is 15.4. The van der Waals surface area contributed by atoms with Crippen molar-refractivity contribution in [2.75, 3.05) is 5.32 Å². The van der Waals surface area contributed by atoms with Crippen molar-refractivity contribution < 1.29 is 18.8 Å². The van der Waals surface area contributed by atoms with E-state index < -0.39 is 11.8 Å². The van der Waals surface area contributed by atoms with Gasteiger partial charge >= 0.3 is 0 Å². The first-order valence-corrected chi connectivity index (χ1v) is 9.41. The molecule has 1 aromatic carbocycles. The van der Waals surface area contributed by atoms with Gasteiger partial charge in [0.1, 0.15) is 16.5 Å². The molecule has 0 radical (unpaired) electrons. The quantitative estimate of drug-likeness (QED) is 0.803. The van der Waals surface area contributed by atoms with E-state index >= 15 is 0 Å². The van der Waals surface area contributed by atoms with E-state index in [1.165, 1.54) is 28.5 Å². The molecular weight excluding hydrogens is 383 g/mol.